The zero-order chi connectivity index (χ0) is 12.6. The van der Waals surface area contributed by atoms with Gasteiger partial charge in [-0.3, -0.25) is 0 Å². The summed E-state index contributed by atoms with van der Waals surface area (Å²) in [5.74, 6) is 0.442. The number of aliphatic hydroxyl groups is 1. The highest BCUT2D eigenvalue weighted by Crippen LogP contribution is 2.40. The van der Waals surface area contributed by atoms with E-state index in [0.29, 0.717) is 5.92 Å². The van der Waals surface area contributed by atoms with Gasteiger partial charge in [0.1, 0.15) is 0 Å². The predicted octanol–water partition coefficient (Wildman–Crippen LogP) is 2.40. The van der Waals surface area contributed by atoms with Gasteiger partial charge in [0.25, 0.3) is 0 Å². The summed E-state index contributed by atoms with van der Waals surface area (Å²) in [5, 5.41) is 10.7. The minimum atomic E-state index is -0.386. The van der Waals surface area contributed by atoms with Crippen molar-refractivity contribution in [3.63, 3.8) is 0 Å². The number of hydrogen-bond acceptors (Lipinski definition) is 3. The average Bonchev–Trinajstić information content (AvgIpc) is 2.39. The third kappa shape index (κ3) is 2.07. The number of anilines is 2. The zero-order valence-electron chi connectivity index (χ0n) is 10.8. The van der Waals surface area contributed by atoms with Crippen molar-refractivity contribution in [1.29, 1.82) is 0 Å². The molecule has 1 saturated heterocycles. The predicted molar refractivity (Wildman–Crippen MR) is 74.6 cm³/mol. The van der Waals surface area contributed by atoms with Gasteiger partial charge in [-0.25, -0.2) is 0 Å². The molecule has 98 valence electrons. The van der Waals surface area contributed by atoms with Crippen molar-refractivity contribution >= 4 is 11.4 Å². The Morgan fingerprint density at radius 2 is 1.94 bits per heavy atom. The fraction of sp³-hybridized carbons (Fsp3) is 0.600. The molecule has 0 spiro atoms. The number of piperidine rings is 1. The molecule has 1 saturated carbocycles. The van der Waals surface area contributed by atoms with Crippen LogP contribution in [0.15, 0.2) is 24.3 Å². The van der Waals surface area contributed by atoms with Crippen LogP contribution in [0.3, 0.4) is 0 Å². The molecule has 3 nitrogen and oxygen atoms in total. The maximum Gasteiger partial charge on any atom is 0.0709 e. The Morgan fingerprint density at radius 1 is 1.17 bits per heavy atom. The molecule has 0 amide bonds. The second kappa shape index (κ2) is 4.47. The molecule has 1 aromatic carbocycles. The van der Waals surface area contributed by atoms with Crippen molar-refractivity contribution in [2.24, 2.45) is 5.92 Å². The first-order valence-electron chi connectivity index (χ1n) is 7.00. The number of rotatable bonds is 1. The Kier molecular flexibility index (Phi) is 2.94. The summed E-state index contributed by atoms with van der Waals surface area (Å²) in [4.78, 5) is 2.39. The molecule has 18 heavy (non-hydrogen) atoms. The van der Waals surface area contributed by atoms with Crippen molar-refractivity contribution < 1.29 is 5.11 Å². The van der Waals surface area contributed by atoms with Crippen LogP contribution in [0.4, 0.5) is 11.4 Å². The van der Waals surface area contributed by atoms with E-state index in [1.165, 1.54) is 24.9 Å². The van der Waals surface area contributed by atoms with Gasteiger partial charge in [-0.1, -0.05) is 12.8 Å². The Balaban J connectivity index is 1.75. The topological polar surface area (TPSA) is 49.5 Å². The molecule has 1 heterocycles. The molecule has 1 aromatic rings. The standard InChI is InChI=1S/C15H22N2O/c16-13-4-6-14(7-5-13)17-10-9-15(18)8-2-1-3-12(15)11-17/h4-7,12,18H,1-3,8-11,16H2. The van der Waals surface area contributed by atoms with E-state index in [0.717, 1.165) is 31.6 Å². The molecule has 2 aliphatic rings. The number of fused-ring (bicyclic) bond motifs is 1. The normalized spacial score (nSPS) is 32.1. The second-order valence-electron chi connectivity index (χ2n) is 5.83. The molecular formula is C15H22N2O. The Morgan fingerprint density at radius 3 is 2.72 bits per heavy atom. The van der Waals surface area contributed by atoms with E-state index >= 15 is 0 Å². The van der Waals surface area contributed by atoms with Crippen molar-refractivity contribution in [3.05, 3.63) is 24.3 Å². The smallest absolute Gasteiger partial charge is 0.0709 e. The quantitative estimate of drug-likeness (QED) is 0.748. The highest BCUT2D eigenvalue weighted by Gasteiger charge is 2.42. The zero-order valence-corrected chi connectivity index (χ0v) is 10.8. The Bertz CT molecular complexity index is 417. The maximum atomic E-state index is 10.7. The van der Waals surface area contributed by atoms with E-state index in [1.807, 2.05) is 12.1 Å². The molecule has 3 rings (SSSR count). The summed E-state index contributed by atoms with van der Waals surface area (Å²) >= 11 is 0. The van der Waals surface area contributed by atoms with Crippen LogP contribution in [-0.2, 0) is 0 Å². The largest absolute Gasteiger partial charge is 0.399 e. The molecule has 0 radical (unpaired) electrons. The number of nitrogens with two attached hydrogens (primary N) is 1. The summed E-state index contributed by atoms with van der Waals surface area (Å²) in [6.07, 6.45) is 5.52. The van der Waals surface area contributed by atoms with E-state index in [1.54, 1.807) is 0 Å². The number of hydrogen-bond donors (Lipinski definition) is 2. The van der Waals surface area contributed by atoms with Crippen LogP contribution >= 0.6 is 0 Å². The second-order valence-corrected chi connectivity index (χ2v) is 5.83. The number of benzene rings is 1. The maximum absolute atomic E-state index is 10.7. The monoisotopic (exact) mass is 246 g/mol. The third-order valence-corrected chi connectivity index (χ3v) is 4.69. The Hall–Kier alpha value is -1.22. The number of nitrogens with zero attached hydrogens (tertiary/aromatic N) is 1. The minimum Gasteiger partial charge on any atom is -0.399 e. The van der Waals surface area contributed by atoms with Crippen LogP contribution in [0.1, 0.15) is 32.1 Å². The van der Waals surface area contributed by atoms with Crippen LogP contribution in [-0.4, -0.2) is 23.8 Å². The summed E-state index contributed by atoms with van der Waals surface area (Å²) in [6, 6.07) is 8.08. The number of nitrogen functional groups attached to an aromatic ring is 1. The van der Waals surface area contributed by atoms with E-state index in [-0.39, 0.29) is 5.60 Å². The molecular weight excluding hydrogens is 224 g/mol. The minimum absolute atomic E-state index is 0.386. The average molecular weight is 246 g/mol. The lowest BCUT2D eigenvalue weighted by Gasteiger charge is -2.48. The van der Waals surface area contributed by atoms with Gasteiger partial charge in [0.15, 0.2) is 0 Å². The summed E-state index contributed by atoms with van der Waals surface area (Å²) in [7, 11) is 0. The van der Waals surface area contributed by atoms with Crippen LogP contribution in [0.5, 0.6) is 0 Å². The molecule has 2 unspecified atom stereocenters. The first-order chi connectivity index (χ1) is 8.67. The molecule has 1 aliphatic carbocycles. The fourth-order valence-corrected chi connectivity index (χ4v) is 3.49. The van der Waals surface area contributed by atoms with E-state index in [2.05, 4.69) is 17.0 Å². The van der Waals surface area contributed by atoms with Gasteiger partial charge < -0.3 is 15.7 Å². The summed E-state index contributed by atoms with van der Waals surface area (Å²) < 4.78 is 0. The van der Waals surface area contributed by atoms with Crippen molar-refractivity contribution in [2.45, 2.75) is 37.7 Å². The van der Waals surface area contributed by atoms with Crippen LogP contribution in [0, 0.1) is 5.92 Å². The van der Waals surface area contributed by atoms with Crippen LogP contribution in [0.25, 0.3) is 0 Å². The van der Waals surface area contributed by atoms with Crippen molar-refractivity contribution in [2.75, 3.05) is 23.7 Å². The highest BCUT2D eigenvalue weighted by molar-refractivity contribution is 5.53. The molecule has 0 bridgehead atoms. The molecule has 2 atom stereocenters. The molecule has 3 N–H and O–H groups in total. The van der Waals surface area contributed by atoms with E-state index in [4.69, 9.17) is 5.73 Å². The van der Waals surface area contributed by atoms with Gasteiger partial charge >= 0.3 is 0 Å². The first kappa shape index (κ1) is 11.8. The van der Waals surface area contributed by atoms with Gasteiger partial charge in [-0.05, 0) is 43.5 Å². The highest BCUT2D eigenvalue weighted by atomic mass is 16.3. The lowest BCUT2D eigenvalue weighted by atomic mass is 9.71. The molecule has 1 aliphatic heterocycles. The van der Waals surface area contributed by atoms with Crippen molar-refractivity contribution in [3.8, 4) is 0 Å². The SMILES string of the molecule is Nc1ccc(N2CCC3(O)CCCCC3C2)cc1. The van der Waals surface area contributed by atoms with E-state index < -0.39 is 0 Å². The lowest BCUT2D eigenvalue weighted by molar-refractivity contribution is -0.0612. The first-order valence-corrected chi connectivity index (χ1v) is 7.00. The van der Waals surface area contributed by atoms with Gasteiger partial charge in [0.2, 0.25) is 0 Å². The van der Waals surface area contributed by atoms with Gasteiger partial charge in [0, 0.05) is 30.4 Å². The lowest BCUT2D eigenvalue weighted by Crippen LogP contribution is -2.53. The van der Waals surface area contributed by atoms with Crippen LogP contribution < -0.4 is 10.6 Å². The van der Waals surface area contributed by atoms with Gasteiger partial charge in [-0.2, -0.15) is 0 Å². The van der Waals surface area contributed by atoms with E-state index in [9.17, 15) is 5.11 Å². The summed E-state index contributed by atoms with van der Waals surface area (Å²) in [6.45, 7) is 1.94. The van der Waals surface area contributed by atoms with Gasteiger partial charge in [-0.15, -0.1) is 0 Å². The Labute approximate surface area is 109 Å². The van der Waals surface area contributed by atoms with Crippen molar-refractivity contribution in [1.82, 2.24) is 0 Å². The fourth-order valence-electron chi connectivity index (χ4n) is 3.49. The third-order valence-electron chi connectivity index (χ3n) is 4.69. The molecule has 0 aromatic heterocycles. The van der Waals surface area contributed by atoms with Crippen LogP contribution in [0.2, 0.25) is 0 Å². The van der Waals surface area contributed by atoms with Gasteiger partial charge in [0.05, 0.1) is 5.60 Å². The summed E-state index contributed by atoms with van der Waals surface area (Å²) in [5.41, 5.74) is 7.38. The molecule has 2 fully saturated rings. The molecule has 3 heteroatoms.